The van der Waals surface area contributed by atoms with Crippen LogP contribution in [-0.2, 0) is 19.6 Å². The molecule has 0 atom stereocenters. The number of aryl methyl sites for hydroxylation is 2. The van der Waals surface area contributed by atoms with Crippen LogP contribution >= 0.6 is 11.3 Å². The zero-order chi connectivity index (χ0) is 22.8. The molecule has 4 aromatic rings. The number of hydrogen-bond donors (Lipinski definition) is 1. The number of rotatable bonds is 5. The second-order valence-corrected chi connectivity index (χ2v) is 9.28. The van der Waals surface area contributed by atoms with Crippen molar-refractivity contribution in [3.63, 3.8) is 0 Å². The largest absolute Gasteiger partial charge is 0.489 e. The van der Waals surface area contributed by atoms with Gasteiger partial charge in [0.1, 0.15) is 23.0 Å². The van der Waals surface area contributed by atoms with E-state index in [4.69, 9.17) is 9.72 Å². The molecule has 1 aliphatic heterocycles. The fraction of sp³-hybridized carbons (Fsp3) is 0.269. The lowest BCUT2D eigenvalue weighted by molar-refractivity contribution is 0.103. The zero-order valence-electron chi connectivity index (χ0n) is 18.5. The van der Waals surface area contributed by atoms with Crippen LogP contribution in [0.4, 0.5) is 5.69 Å². The van der Waals surface area contributed by atoms with E-state index in [-0.39, 0.29) is 11.5 Å². The molecule has 168 valence electrons. The van der Waals surface area contributed by atoms with Crippen LogP contribution in [0.15, 0.2) is 59.4 Å². The quantitative estimate of drug-likeness (QED) is 0.438. The number of ether oxygens (including phenoxy) is 1. The highest BCUT2D eigenvalue weighted by Crippen LogP contribution is 2.29. The Balaban J connectivity index is 1.33. The third kappa shape index (κ3) is 4.41. The average Bonchev–Trinajstić information content (AvgIpc) is 3.00. The number of carbonyl (C=O) groups is 1. The normalized spacial score (nSPS) is 13.4. The first-order valence-electron chi connectivity index (χ1n) is 11.2. The molecule has 0 fully saturated rings. The molecule has 0 saturated carbocycles. The van der Waals surface area contributed by atoms with Gasteiger partial charge in [-0.05, 0) is 55.2 Å². The Hall–Kier alpha value is -3.45. The summed E-state index contributed by atoms with van der Waals surface area (Å²) < 4.78 is 7.61. The Morgan fingerprint density at radius 3 is 2.67 bits per heavy atom. The van der Waals surface area contributed by atoms with E-state index in [9.17, 15) is 9.59 Å². The van der Waals surface area contributed by atoms with Crippen molar-refractivity contribution in [3.8, 4) is 5.75 Å². The summed E-state index contributed by atoms with van der Waals surface area (Å²) in [6.45, 7) is 3.02. The van der Waals surface area contributed by atoms with Gasteiger partial charge in [0.05, 0.1) is 10.3 Å². The maximum Gasteiger partial charge on any atom is 0.266 e. The summed E-state index contributed by atoms with van der Waals surface area (Å²) in [7, 11) is 0. The van der Waals surface area contributed by atoms with Gasteiger partial charge in [-0.3, -0.25) is 14.2 Å². The Morgan fingerprint density at radius 2 is 1.88 bits per heavy atom. The SMILES string of the molecule is Cc1c(C(=O)Nc2ccc(OCc3ccccc3)cc2)sc2nc3n(c(=O)c12)CCCCC3. The maximum atomic E-state index is 13.1. The van der Waals surface area contributed by atoms with E-state index in [0.717, 1.165) is 42.8 Å². The topological polar surface area (TPSA) is 73.2 Å². The molecule has 0 aliphatic carbocycles. The minimum Gasteiger partial charge on any atom is -0.489 e. The van der Waals surface area contributed by atoms with E-state index in [2.05, 4.69) is 5.32 Å². The number of amides is 1. The lowest BCUT2D eigenvalue weighted by Crippen LogP contribution is -2.24. The predicted molar refractivity (Wildman–Crippen MR) is 131 cm³/mol. The third-order valence-corrected chi connectivity index (χ3v) is 7.16. The molecule has 1 aliphatic rings. The van der Waals surface area contributed by atoms with Gasteiger partial charge in [0.2, 0.25) is 0 Å². The lowest BCUT2D eigenvalue weighted by atomic mass is 10.2. The fourth-order valence-electron chi connectivity index (χ4n) is 4.19. The van der Waals surface area contributed by atoms with E-state index in [0.29, 0.717) is 39.5 Å². The number of carbonyl (C=O) groups excluding carboxylic acids is 1. The molecular weight excluding hydrogens is 434 g/mol. The zero-order valence-corrected chi connectivity index (χ0v) is 19.3. The van der Waals surface area contributed by atoms with Gasteiger partial charge in [-0.2, -0.15) is 0 Å². The van der Waals surface area contributed by atoms with E-state index in [1.807, 2.05) is 61.5 Å². The molecule has 3 heterocycles. The van der Waals surface area contributed by atoms with E-state index < -0.39 is 0 Å². The first kappa shape index (κ1) is 21.4. The van der Waals surface area contributed by atoms with E-state index in [1.54, 1.807) is 4.57 Å². The second kappa shape index (κ2) is 9.19. The average molecular weight is 460 g/mol. The van der Waals surface area contributed by atoms with Crippen molar-refractivity contribution in [1.29, 1.82) is 0 Å². The van der Waals surface area contributed by atoms with Gasteiger partial charge in [0.15, 0.2) is 0 Å². The van der Waals surface area contributed by atoms with Crippen molar-refractivity contribution in [3.05, 3.63) is 86.8 Å². The molecule has 2 aromatic carbocycles. The van der Waals surface area contributed by atoms with Crippen LogP contribution in [0, 0.1) is 6.92 Å². The Kier molecular flexibility index (Phi) is 5.96. The number of benzene rings is 2. The number of hydrogen-bond acceptors (Lipinski definition) is 5. The highest BCUT2D eigenvalue weighted by Gasteiger charge is 2.22. The van der Waals surface area contributed by atoms with Crippen molar-refractivity contribution < 1.29 is 9.53 Å². The Bertz CT molecular complexity index is 1360. The van der Waals surface area contributed by atoms with Crippen LogP contribution in [0.25, 0.3) is 10.2 Å². The molecule has 1 amide bonds. The number of thiophene rings is 1. The van der Waals surface area contributed by atoms with Gasteiger partial charge in [-0.25, -0.2) is 4.98 Å². The van der Waals surface area contributed by atoms with Crippen molar-refractivity contribution in [2.45, 2.75) is 45.8 Å². The van der Waals surface area contributed by atoms with Gasteiger partial charge in [0, 0.05) is 18.7 Å². The van der Waals surface area contributed by atoms with Gasteiger partial charge in [-0.15, -0.1) is 11.3 Å². The minimum absolute atomic E-state index is 0.0235. The summed E-state index contributed by atoms with van der Waals surface area (Å²) in [5.41, 5.74) is 2.44. The van der Waals surface area contributed by atoms with Gasteiger partial charge in [0.25, 0.3) is 11.5 Å². The van der Waals surface area contributed by atoms with Crippen molar-refractivity contribution in [1.82, 2.24) is 9.55 Å². The number of anilines is 1. The number of aromatic nitrogens is 2. The smallest absolute Gasteiger partial charge is 0.266 e. The molecule has 5 rings (SSSR count). The monoisotopic (exact) mass is 459 g/mol. The number of fused-ring (bicyclic) bond motifs is 2. The molecule has 7 heteroatoms. The van der Waals surface area contributed by atoms with Crippen molar-refractivity contribution in [2.24, 2.45) is 0 Å². The highest BCUT2D eigenvalue weighted by atomic mass is 32.1. The summed E-state index contributed by atoms with van der Waals surface area (Å²) in [5.74, 6) is 1.34. The third-order valence-electron chi connectivity index (χ3n) is 5.98. The molecule has 6 nitrogen and oxygen atoms in total. The molecule has 2 aromatic heterocycles. The Labute approximate surface area is 195 Å². The van der Waals surface area contributed by atoms with Crippen molar-refractivity contribution >= 4 is 33.1 Å². The van der Waals surface area contributed by atoms with Crippen LogP contribution in [0.3, 0.4) is 0 Å². The molecule has 1 N–H and O–H groups in total. The fourth-order valence-corrected chi connectivity index (χ4v) is 5.28. The molecule has 0 bridgehead atoms. The maximum absolute atomic E-state index is 13.1. The van der Waals surface area contributed by atoms with E-state index in [1.165, 1.54) is 11.3 Å². The van der Waals surface area contributed by atoms with Gasteiger partial charge >= 0.3 is 0 Å². The van der Waals surface area contributed by atoms with Crippen molar-refractivity contribution in [2.75, 3.05) is 5.32 Å². The molecule has 33 heavy (non-hydrogen) atoms. The summed E-state index contributed by atoms with van der Waals surface area (Å²) in [6, 6.07) is 17.3. The van der Waals surface area contributed by atoms with Gasteiger partial charge < -0.3 is 10.1 Å². The number of nitrogens with one attached hydrogen (secondary N) is 1. The van der Waals surface area contributed by atoms with Crippen LogP contribution in [0.1, 0.15) is 45.9 Å². The first-order valence-corrected chi connectivity index (χ1v) is 12.0. The number of nitrogens with zero attached hydrogens (tertiary/aromatic N) is 2. The van der Waals surface area contributed by atoms with Crippen LogP contribution in [-0.4, -0.2) is 15.5 Å². The minimum atomic E-state index is -0.229. The molecule has 0 radical (unpaired) electrons. The first-order chi connectivity index (χ1) is 16.1. The summed E-state index contributed by atoms with van der Waals surface area (Å²) in [6.07, 6.45) is 3.95. The standard InChI is InChI=1S/C26H25N3O3S/c1-17-22-25(28-21-10-6-3-7-15-29(21)26(22)31)33-23(17)24(30)27-19-11-13-20(14-12-19)32-16-18-8-4-2-5-9-18/h2,4-5,8-9,11-14H,3,6-7,10,15-16H2,1H3,(H,27,30). The molecule has 0 spiro atoms. The highest BCUT2D eigenvalue weighted by molar-refractivity contribution is 7.20. The molecular formula is C26H25N3O3S. The predicted octanol–water partition coefficient (Wildman–Crippen LogP) is 5.32. The van der Waals surface area contributed by atoms with E-state index >= 15 is 0 Å². The molecule has 0 unspecified atom stereocenters. The Morgan fingerprint density at radius 1 is 1.09 bits per heavy atom. The van der Waals surface area contributed by atoms with Gasteiger partial charge in [-0.1, -0.05) is 36.8 Å². The van der Waals surface area contributed by atoms with Crippen LogP contribution < -0.4 is 15.6 Å². The molecule has 0 saturated heterocycles. The van der Waals surface area contributed by atoms with Crippen LogP contribution in [0.5, 0.6) is 5.75 Å². The lowest BCUT2D eigenvalue weighted by Gasteiger charge is -2.08. The van der Waals surface area contributed by atoms with Crippen LogP contribution in [0.2, 0.25) is 0 Å². The summed E-state index contributed by atoms with van der Waals surface area (Å²) >= 11 is 1.29. The summed E-state index contributed by atoms with van der Waals surface area (Å²) in [5, 5.41) is 3.51. The summed E-state index contributed by atoms with van der Waals surface area (Å²) in [4.78, 5) is 32.1. The second-order valence-electron chi connectivity index (χ2n) is 8.28.